The van der Waals surface area contributed by atoms with Gasteiger partial charge in [-0.3, -0.25) is 5.14 Å². The summed E-state index contributed by atoms with van der Waals surface area (Å²) >= 11 is 2.48. The van der Waals surface area contributed by atoms with E-state index in [4.69, 9.17) is 5.14 Å². The van der Waals surface area contributed by atoms with Gasteiger partial charge in [-0.2, -0.15) is 0 Å². The molecule has 0 amide bonds. The number of halogens is 1. The molecule has 12 heavy (non-hydrogen) atoms. The van der Waals surface area contributed by atoms with E-state index in [9.17, 15) is 4.39 Å². The highest BCUT2D eigenvalue weighted by Gasteiger charge is 2.02. The third-order valence-corrected chi connectivity index (χ3v) is 3.08. The van der Waals surface area contributed by atoms with Gasteiger partial charge in [0.05, 0.1) is 10.2 Å². The van der Waals surface area contributed by atoms with Crippen LogP contribution < -0.4 is 5.14 Å². The fourth-order valence-electron chi connectivity index (χ4n) is 0.928. The van der Waals surface area contributed by atoms with Crippen molar-refractivity contribution in [1.82, 2.24) is 4.98 Å². The molecule has 0 aliphatic carbocycles. The van der Waals surface area contributed by atoms with E-state index in [1.54, 1.807) is 6.07 Å². The summed E-state index contributed by atoms with van der Waals surface area (Å²) in [5.74, 6) is -0.236. The van der Waals surface area contributed by atoms with Gasteiger partial charge in [0, 0.05) is 0 Å². The molecule has 0 saturated carbocycles. The summed E-state index contributed by atoms with van der Waals surface area (Å²) in [6.45, 7) is 0. The number of benzene rings is 1. The standard InChI is InChI=1S/C7H5FN2S2/c8-4-1-2-5-6(3-4)11-7(10-5)12-9/h1-3H,9H2. The third kappa shape index (κ3) is 1.31. The molecule has 2 aromatic rings. The molecule has 1 heterocycles. The van der Waals surface area contributed by atoms with Crippen LogP contribution in [0.3, 0.4) is 0 Å². The first-order valence-corrected chi connectivity index (χ1v) is 4.92. The lowest BCUT2D eigenvalue weighted by molar-refractivity contribution is 0.630. The average molecular weight is 200 g/mol. The number of hydrogen-bond acceptors (Lipinski definition) is 4. The second-order valence-corrected chi connectivity index (χ2v) is 4.12. The zero-order valence-corrected chi connectivity index (χ0v) is 7.58. The molecule has 0 unspecified atom stereocenters. The summed E-state index contributed by atoms with van der Waals surface area (Å²) in [7, 11) is 0. The van der Waals surface area contributed by atoms with Crippen LogP contribution in [0, 0.1) is 5.82 Å². The Bertz CT molecular complexity index is 413. The van der Waals surface area contributed by atoms with Crippen LogP contribution in [0.5, 0.6) is 0 Å². The van der Waals surface area contributed by atoms with Crippen LogP contribution in [0.15, 0.2) is 22.5 Å². The molecule has 0 spiro atoms. The normalized spacial score (nSPS) is 10.8. The quantitative estimate of drug-likeness (QED) is 0.718. The first kappa shape index (κ1) is 7.97. The fraction of sp³-hybridized carbons (Fsp3) is 0. The van der Waals surface area contributed by atoms with Crippen molar-refractivity contribution in [2.24, 2.45) is 5.14 Å². The number of nitrogens with zero attached hydrogens (tertiary/aromatic N) is 1. The third-order valence-electron chi connectivity index (χ3n) is 1.43. The van der Waals surface area contributed by atoms with Gasteiger partial charge in [0.2, 0.25) is 0 Å². The zero-order chi connectivity index (χ0) is 8.55. The number of thiazole rings is 1. The van der Waals surface area contributed by atoms with Gasteiger partial charge in [-0.1, -0.05) is 0 Å². The van der Waals surface area contributed by atoms with E-state index in [0.29, 0.717) is 0 Å². The van der Waals surface area contributed by atoms with E-state index in [1.165, 1.54) is 23.5 Å². The number of nitrogens with two attached hydrogens (primary N) is 1. The molecule has 0 saturated heterocycles. The van der Waals surface area contributed by atoms with Crippen LogP contribution in [0.25, 0.3) is 10.2 Å². The second kappa shape index (κ2) is 3.01. The van der Waals surface area contributed by atoms with Crippen molar-refractivity contribution in [2.75, 3.05) is 0 Å². The Balaban J connectivity index is 2.67. The number of aromatic nitrogens is 1. The van der Waals surface area contributed by atoms with Gasteiger partial charge in [0.15, 0.2) is 4.34 Å². The minimum absolute atomic E-state index is 0.236. The van der Waals surface area contributed by atoms with Gasteiger partial charge in [-0.25, -0.2) is 9.37 Å². The molecule has 1 aromatic heterocycles. The molecule has 0 bridgehead atoms. The van der Waals surface area contributed by atoms with E-state index >= 15 is 0 Å². The Morgan fingerprint density at radius 1 is 1.50 bits per heavy atom. The molecule has 1 aromatic carbocycles. The maximum absolute atomic E-state index is 12.7. The zero-order valence-electron chi connectivity index (χ0n) is 5.95. The van der Waals surface area contributed by atoms with Crippen molar-refractivity contribution in [3.05, 3.63) is 24.0 Å². The van der Waals surface area contributed by atoms with Crippen molar-refractivity contribution >= 4 is 33.5 Å². The molecule has 2 N–H and O–H groups in total. The van der Waals surface area contributed by atoms with Gasteiger partial charge in [0.25, 0.3) is 0 Å². The van der Waals surface area contributed by atoms with Crippen LogP contribution in [0.1, 0.15) is 0 Å². The van der Waals surface area contributed by atoms with Gasteiger partial charge >= 0.3 is 0 Å². The monoisotopic (exact) mass is 200 g/mol. The molecule has 5 heteroatoms. The highest BCUT2D eigenvalue weighted by molar-refractivity contribution is 7.99. The molecule has 2 nitrogen and oxygen atoms in total. The van der Waals surface area contributed by atoms with Crippen LogP contribution in [0.4, 0.5) is 4.39 Å². The maximum Gasteiger partial charge on any atom is 0.165 e. The minimum Gasteiger partial charge on any atom is -0.272 e. The van der Waals surface area contributed by atoms with Crippen LogP contribution >= 0.6 is 23.3 Å². The molecule has 0 aliphatic heterocycles. The van der Waals surface area contributed by atoms with Crippen molar-refractivity contribution in [3.63, 3.8) is 0 Å². The van der Waals surface area contributed by atoms with Crippen LogP contribution in [-0.4, -0.2) is 4.98 Å². The molecule has 2 rings (SSSR count). The molecule has 62 valence electrons. The molecule has 0 atom stereocenters. The van der Waals surface area contributed by atoms with Crippen LogP contribution in [0.2, 0.25) is 0 Å². The molecular weight excluding hydrogens is 195 g/mol. The Kier molecular flexibility index (Phi) is 2.00. The fourth-order valence-corrected chi connectivity index (χ4v) is 2.26. The first-order chi connectivity index (χ1) is 5.79. The van der Waals surface area contributed by atoms with Crippen molar-refractivity contribution in [1.29, 1.82) is 0 Å². The van der Waals surface area contributed by atoms with Gasteiger partial charge < -0.3 is 0 Å². The van der Waals surface area contributed by atoms with Gasteiger partial charge in [-0.05, 0) is 30.1 Å². The lowest BCUT2D eigenvalue weighted by atomic mass is 10.3. The van der Waals surface area contributed by atoms with Crippen molar-refractivity contribution < 1.29 is 4.39 Å². The summed E-state index contributed by atoms with van der Waals surface area (Å²) in [6, 6.07) is 4.51. The van der Waals surface area contributed by atoms with E-state index in [1.807, 2.05) is 0 Å². The van der Waals surface area contributed by atoms with Gasteiger partial charge in [0.1, 0.15) is 5.82 Å². The maximum atomic E-state index is 12.7. The lowest BCUT2D eigenvalue weighted by Gasteiger charge is -1.85. The minimum atomic E-state index is -0.236. The largest absolute Gasteiger partial charge is 0.272 e. The predicted molar refractivity (Wildman–Crippen MR) is 49.6 cm³/mol. The Morgan fingerprint density at radius 3 is 3.08 bits per heavy atom. The molecule has 0 aliphatic rings. The summed E-state index contributed by atoms with van der Waals surface area (Å²) in [5.41, 5.74) is 0.800. The van der Waals surface area contributed by atoms with E-state index in [-0.39, 0.29) is 5.82 Å². The smallest absolute Gasteiger partial charge is 0.165 e. The highest BCUT2D eigenvalue weighted by atomic mass is 32.2. The summed E-state index contributed by atoms with van der Waals surface area (Å²) in [5, 5.41) is 5.32. The topological polar surface area (TPSA) is 38.9 Å². The van der Waals surface area contributed by atoms with E-state index in [0.717, 1.165) is 26.5 Å². The Hall–Kier alpha value is -0.650. The number of rotatable bonds is 1. The Morgan fingerprint density at radius 2 is 2.33 bits per heavy atom. The summed E-state index contributed by atoms with van der Waals surface area (Å²) in [4.78, 5) is 4.16. The predicted octanol–water partition coefficient (Wildman–Crippen LogP) is 2.40. The number of fused-ring (bicyclic) bond motifs is 1. The average Bonchev–Trinajstić information content (AvgIpc) is 2.46. The van der Waals surface area contributed by atoms with Crippen molar-refractivity contribution in [3.8, 4) is 0 Å². The number of hydrogen-bond donors (Lipinski definition) is 1. The molecule has 0 fully saturated rings. The van der Waals surface area contributed by atoms with E-state index in [2.05, 4.69) is 4.98 Å². The summed E-state index contributed by atoms with van der Waals surface area (Å²) in [6.07, 6.45) is 0. The van der Waals surface area contributed by atoms with E-state index < -0.39 is 0 Å². The first-order valence-electron chi connectivity index (χ1n) is 3.22. The SMILES string of the molecule is NSc1nc2ccc(F)cc2s1. The molecular formula is C7H5FN2S2. The van der Waals surface area contributed by atoms with Crippen molar-refractivity contribution in [2.45, 2.75) is 4.34 Å². The Labute approximate surface area is 76.7 Å². The van der Waals surface area contributed by atoms with Gasteiger partial charge in [-0.15, -0.1) is 11.3 Å². The second-order valence-electron chi connectivity index (χ2n) is 2.21. The highest BCUT2D eigenvalue weighted by Crippen LogP contribution is 2.26. The molecule has 0 radical (unpaired) electrons. The summed E-state index contributed by atoms with van der Waals surface area (Å²) < 4.78 is 14.3. The lowest BCUT2D eigenvalue weighted by Crippen LogP contribution is -1.75. The van der Waals surface area contributed by atoms with Crippen LogP contribution in [-0.2, 0) is 0 Å².